The Hall–Kier alpha value is -0.530. The zero-order valence-electron chi connectivity index (χ0n) is 9.21. The van der Waals surface area contributed by atoms with Crippen LogP contribution in [0.15, 0.2) is 0 Å². The van der Waals surface area contributed by atoms with Gasteiger partial charge in [-0.15, -0.1) is 0 Å². The number of nitrogens with zero attached hydrogens (tertiary/aromatic N) is 1. The lowest BCUT2D eigenvalue weighted by atomic mass is 9.91. The van der Waals surface area contributed by atoms with Crippen LogP contribution in [0.5, 0.6) is 0 Å². The fourth-order valence-electron chi connectivity index (χ4n) is 1.97. The number of carbonyl (C=O) groups excluding carboxylic acids is 1. The Balaban J connectivity index is 2.55. The van der Waals surface area contributed by atoms with Crippen LogP contribution in [0.4, 0.5) is 0 Å². The van der Waals surface area contributed by atoms with Gasteiger partial charge >= 0.3 is 0 Å². The van der Waals surface area contributed by atoms with Crippen molar-refractivity contribution in [2.24, 2.45) is 11.8 Å². The Morgan fingerprint density at radius 2 is 2.08 bits per heavy atom. The molecule has 2 nitrogen and oxygen atoms in total. The highest BCUT2D eigenvalue weighted by atomic mass is 16.2. The molecule has 1 amide bonds. The third-order valence-corrected chi connectivity index (χ3v) is 3.26. The predicted molar refractivity (Wildman–Crippen MR) is 54.4 cm³/mol. The molecule has 1 saturated heterocycles. The zero-order valence-corrected chi connectivity index (χ0v) is 9.21. The number of hydrogen-bond donors (Lipinski definition) is 0. The average Bonchev–Trinajstić information content (AvgIpc) is 2.46. The molecule has 1 aliphatic heterocycles. The molecule has 0 aromatic rings. The number of hydrogen-bond acceptors (Lipinski definition) is 1. The molecule has 2 heteroatoms. The summed E-state index contributed by atoms with van der Waals surface area (Å²) in [4.78, 5) is 13.6. The van der Waals surface area contributed by atoms with E-state index in [-0.39, 0.29) is 0 Å². The van der Waals surface area contributed by atoms with E-state index in [0.717, 1.165) is 13.0 Å². The van der Waals surface area contributed by atoms with Crippen LogP contribution in [0, 0.1) is 11.8 Å². The van der Waals surface area contributed by atoms with Crippen LogP contribution >= 0.6 is 0 Å². The number of rotatable bonds is 3. The minimum atomic E-state index is 0.348. The summed E-state index contributed by atoms with van der Waals surface area (Å²) in [7, 11) is 0. The lowest BCUT2D eigenvalue weighted by molar-refractivity contribution is -0.129. The molecule has 1 heterocycles. The second-order valence-corrected chi connectivity index (χ2v) is 4.49. The molecule has 0 aliphatic carbocycles. The monoisotopic (exact) mass is 183 g/mol. The maximum atomic E-state index is 11.6. The first-order chi connectivity index (χ1) is 6.06. The molecule has 0 N–H and O–H groups in total. The first-order valence-corrected chi connectivity index (χ1v) is 5.35. The first-order valence-electron chi connectivity index (χ1n) is 5.35. The molecule has 0 aromatic heterocycles. The van der Waals surface area contributed by atoms with Crippen molar-refractivity contribution in [1.29, 1.82) is 0 Å². The van der Waals surface area contributed by atoms with E-state index in [9.17, 15) is 4.79 Å². The van der Waals surface area contributed by atoms with Gasteiger partial charge in [0, 0.05) is 19.0 Å². The van der Waals surface area contributed by atoms with Crippen molar-refractivity contribution in [3.8, 4) is 0 Å². The summed E-state index contributed by atoms with van der Waals surface area (Å²) in [5.74, 6) is 1.63. The molecule has 0 bridgehead atoms. The van der Waals surface area contributed by atoms with Gasteiger partial charge < -0.3 is 4.90 Å². The molecule has 0 aromatic carbocycles. The fraction of sp³-hybridized carbons (Fsp3) is 0.909. The zero-order chi connectivity index (χ0) is 10.0. The third-order valence-electron chi connectivity index (χ3n) is 3.26. The van der Waals surface area contributed by atoms with Gasteiger partial charge in [0.15, 0.2) is 0 Å². The van der Waals surface area contributed by atoms with E-state index in [1.807, 2.05) is 4.90 Å². The van der Waals surface area contributed by atoms with Crippen LogP contribution in [0.25, 0.3) is 0 Å². The van der Waals surface area contributed by atoms with Crippen molar-refractivity contribution in [2.75, 3.05) is 6.54 Å². The highest BCUT2D eigenvalue weighted by Gasteiger charge is 2.33. The van der Waals surface area contributed by atoms with E-state index in [1.165, 1.54) is 6.42 Å². The van der Waals surface area contributed by atoms with Gasteiger partial charge in [0.2, 0.25) is 5.91 Å². The molecular formula is C11H21NO. The van der Waals surface area contributed by atoms with Gasteiger partial charge in [0.25, 0.3) is 0 Å². The SMILES string of the molecule is CCC(C)C1CC(=O)N(C(C)C)C1. The topological polar surface area (TPSA) is 20.3 Å². The summed E-state index contributed by atoms with van der Waals surface area (Å²) < 4.78 is 0. The van der Waals surface area contributed by atoms with Crippen molar-refractivity contribution >= 4 is 5.91 Å². The summed E-state index contributed by atoms with van der Waals surface area (Å²) >= 11 is 0. The Bertz CT molecular complexity index is 189. The maximum absolute atomic E-state index is 11.6. The van der Waals surface area contributed by atoms with Crippen molar-refractivity contribution in [1.82, 2.24) is 4.90 Å². The Kier molecular flexibility index (Phi) is 3.34. The fourth-order valence-corrected chi connectivity index (χ4v) is 1.97. The van der Waals surface area contributed by atoms with Crippen LogP contribution in [-0.4, -0.2) is 23.4 Å². The molecule has 2 unspecified atom stereocenters. The largest absolute Gasteiger partial charge is 0.340 e. The normalized spacial score (nSPS) is 25.8. The molecule has 1 fully saturated rings. The van der Waals surface area contributed by atoms with Gasteiger partial charge in [-0.3, -0.25) is 4.79 Å². The molecule has 76 valence electrons. The Morgan fingerprint density at radius 3 is 2.46 bits per heavy atom. The van der Waals surface area contributed by atoms with Crippen molar-refractivity contribution in [3.63, 3.8) is 0 Å². The second-order valence-electron chi connectivity index (χ2n) is 4.49. The van der Waals surface area contributed by atoms with Gasteiger partial charge in [-0.1, -0.05) is 20.3 Å². The van der Waals surface area contributed by atoms with Crippen LogP contribution in [0.2, 0.25) is 0 Å². The summed E-state index contributed by atoms with van der Waals surface area (Å²) in [6.45, 7) is 9.62. The molecule has 1 rings (SSSR count). The Morgan fingerprint density at radius 1 is 1.46 bits per heavy atom. The molecule has 13 heavy (non-hydrogen) atoms. The second kappa shape index (κ2) is 4.12. The lowest BCUT2D eigenvalue weighted by Crippen LogP contribution is -2.32. The van der Waals surface area contributed by atoms with E-state index in [4.69, 9.17) is 0 Å². The van der Waals surface area contributed by atoms with E-state index < -0.39 is 0 Å². The molecule has 0 spiro atoms. The van der Waals surface area contributed by atoms with E-state index in [2.05, 4.69) is 27.7 Å². The van der Waals surface area contributed by atoms with Gasteiger partial charge in [-0.05, 0) is 25.7 Å². The molecule has 1 aliphatic rings. The minimum Gasteiger partial charge on any atom is -0.340 e. The Labute approximate surface area is 81.3 Å². The number of amides is 1. The van der Waals surface area contributed by atoms with Crippen molar-refractivity contribution in [2.45, 2.75) is 46.6 Å². The van der Waals surface area contributed by atoms with Crippen molar-refractivity contribution < 1.29 is 4.79 Å². The quantitative estimate of drug-likeness (QED) is 0.657. The molecular weight excluding hydrogens is 162 g/mol. The number of likely N-dealkylation sites (tertiary alicyclic amines) is 1. The standard InChI is InChI=1S/C11H21NO/c1-5-9(4)10-6-11(13)12(7-10)8(2)3/h8-10H,5-7H2,1-4H3. The van der Waals surface area contributed by atoms with E-state index in [1.54, 1.807) is 0 Å². The highest BCUT2D eigenvalue weighted by Crippen LogP contribution is 2.27. The average molecular weight is 183 g/mol. The molecule has 2 atom stereocenters. The van der Waals surface area contributed by atoms with Crippen LogP contribution in [0.3, 0.4) is 0 Å². The lowest BCUT2D eigenvalue weighted by Gasteiger charge is -2.22. The van der Waals surface area contributed by atoms with Crippen LogP contribution in [-0.2, 0) is 4.79 Å². The number of carbonyl (C=O) groups is 1. The minimum absolute atomic E-state index is 0.348. The van der Waals surface area contributed by atoms with Gasteiger partial charge in [0.05, 0.1) is 0 Å². The van der Waals surface area contributed by atoms with Crippen molar-refractivity contribution in [3.05, 3.63) is 0 Å². The van der Waals surface area contributed by atoms with E-state index >= 15 is 0 Å². The summed E-state index contributed by atoms with van der Waals surface area (Å²) in [5, 5.41) is 0. The maximum Gasteiger partial charge on any atom is 0.223 e. The smallest absolute Gasteiger partial charge is 0.223 e. The molecule has 0 radical (unpaired) electrons. The van der Waals surface area contributed by atoms with Gasteiger partial charge in [-0.2, -0.15) is 0 Å². The highest BCUT2D eigenvalue weighted by molar-refractivity contribution is 5.78. The van der Waals surface area contributed by atoms with Gasteiger partial charge in [-0.25, -0.2) is 0 Å². The van der Waals surface area contributed by atoms with E-state index in [0.29, 0.717) is 23.8 Å². The van der Waals surface area contributed by atoms with Crippen LogP contribution in [0.1, 0.15) is 40.5 Å². The van der Waals surface area contributed by atoms with Crippen LogP contribution < -0.4 is 0 Å². The summed E-state index contributed by atoms with van der Waals surface area (Å²) in [6, 6.07) is 0.376. The molecule has 0 saturated carbocycles. The summed E-state index contributed by atoms with van der Waals surface area (Å²) in [5.41, 5.74) is 0. The third kappa shape index (κ3) is 2.23. The summed E-state index contributed by atoms with van der Waals surface area (Å²) in [6.07, 6.45) is 1.96. The van der Waals surface area contributed by atoms with Gasteiger partial charge in [0.1, 0.15) is 0 Å². The predicted octanol–water partition coefficient (Wildman–Crippen LogP) is 2.29. The first kappa shape index (κ1) is 10.6.